The van der Waals surface area contributed by atoms with Crippen LogP contribution >= 0.6 is 0 Å². The highest BCUT2D eigenvalue weighted by Gasteiger charge is 2.11. The average Bonchev–Trinajstić information content (AvgIpc) is 1.81. The lowest BCUT2D eigenvalue weighted by atomic mass is 9.91. The van der Waals surface area contributed by atoms with Crippen LogP contribution in [0, 0.1) is 10.8 Å². The van der Waals surface area contributed by atoms with Gasteiger partial charge in [-0.2, -0.15) is 0 Å². The maximum absolute atomic E-state index is 3.50. The molecule has 0 aliphatic rings. The van der Waals surface area contributed by atoms with Crippen LogP contribution in [-0.2, 0) is 0 Å². The van der Waals surface area contributed by atoms with E-state index in [2.05, 4.69) is 46.9 Å². The summed E-state index contributed by atoms with van der Waals surface area (Å²) in [7, 11) is 0. The van der Waals surface area contributed by atoms with Crippen LogP contribution in [0.1, 0.15) is 54.4 Å². The van der Waals surface area contributed by atoms with Gasteiger partial charge in [0.15, 0.2) is 0 Å². The van der Waals surface area contributed by atoms with Gasteiger partial charge in [-0.15, -0.1) is 0 Å². The van der Waals surface area contributed by atoms with Crippen molar-refractivity contribution >= 4 is 0 Å². The van der Waals surface area contributed by atoms with Gasteiger partial charge in [-0.3, -0.25) is 0 Å². The molecular formula is C12H27N. The number of rotatable bonds is 4. The highest BCUT2D eigenvalue weighted by molar-refractivity contribution is 4.66. The fourth-order valence-corrected chi connectivity index (χ4v) is 1.05. The second-order valence-corrected chi connectivity index (χ2v) is 6.37. The van der Waals surface area contributed by atoms with E-state index >= 15 is 0 Å². The number of nitrogens with one attached hydrogen (secondary N) is 1. The van der Waals surface area contributed by atoms with E-state index in [9.17, 15) is 0 Å². The summed E-state index contributed by atoms with van der Waals surface area (Å²) >= 11 is 0. The Bertz CT molecular complexity index is 109. The summed E-state index contributed by atoms with van der Waals surface area (Å²) in [6.45, 7) is 16.0. The summed E-state index contributed by atoms with van der Waals surface area (Å²) in [6.07, 6.45) is 2.52. The first-order valence-electron chi connectivity index (χ1n) is 5.41. The van der Waals surface area contributed by atoms with E-state index < -0.39 is 0 Å². The predicted molar refractivity (Wildman–Crippen MR) is 61.0 cm³/mol. The van der Waals surface area contributed by atoms with Crippen LogP contribution < -0.4 is 5.32 Å². The highest BCUT2D eigenvalue weighted by atomic mass is 14.8. The summed E-state index contributed by atoms with van der Waals surface area (Å²) in [6, 6.07) is 0. The van der Waals surface area contributed by atoms with Crippen molar-refractivity contribution in [3.8, 4) is 0 Å². The quantitative estimate of drug-likeness (QED) is 0.662. The van der Waals surface area contributed by atoms with E-state index in [0.717, 1.165) is 13.1 Å². The van der Waals surface area contributed by atoms with Crippen LogP contribution in [0.4, 0.5) is 0 Å². The lowest BCUT2D eigenvalue weighted by molar-refractivity contribution is 0.340. The van der Waals surface area contributed by atoms with Gasteiger partial charge in [-0.1, -0.05) is 41.5 Å². The average molecular weight is 185 g/mol. The molecule has 0 saturated carbocycles. The zero-order valence-corrected chi connectivity index (χ0v) is 10.3. The Hall–Kier alpha value is -0.0400. The Balaban J connectivity index is 3.28. The fourth-order valence-electron chi connectivity index (χ4n) is 1.05. The third-order valence-corrected chi connectivity index (χ3v) is 2.10. The molecule has 0 saturated heterocycles. The molecule has 0 aromatic carbocycles. The summed E-state index contributed by atoms with van der Waals surface area (Å²) in [4.78, 5) is 0. The second kappa shape index (κ2) is 4.99. The third kappa shape index (κ3) is 12.0. The maximum Gasteiger partial charge on any atom is -0.00439 e. The number of hydrogen-bond acceptors (Lipinski definition) is 1. The molecule has 0 radical (unpaired) electrons. The molecule has 0 heterocycles. The van der Waals surface area contributed by atoms with Crippen molar-refractivity contribution in [2.75, 3.05) is 13.1 Å². The zero-order chi connectivity index (χ0) is 10.5. The molecule has 0 atom stereocenters. The van der Waals surface area contributed by atoms with E-state index in [1.165, 1.54) is 12.8 Å². The minimum atomic E-state index is 0.467. The third-order valence-electron chi connectivity index (χ3n) is 2.10. The lowest BCUT2D eigenvalue weighted by Gasteiger charge is -2.20. The van der Waals surface area contributed by atoms with Gasteiger partial charge >= 0.3 is 0 Å². The van der Waals surface area contributed by atoms with Crippen molar-refractivity contribution in [2.24, 2.45) is 10.8 Å². The predicted octanol–water partition coefficient (Wildman–Crippen LogP) is 3.45. The van der Waals surface area contributed by atoms with Crippen molar-refractivity contribution < 1.29 is 0 Å². The molecule has 0 fully saturated rings. The van der Waals surface area contributed by atoms with Crippen LogP contribution in [0.15, 0.2) is 0 Å². The molecule has 0 aromatic rings. The Morgan fingerprint density at radius 3 is 1.23 bits per heavy atom. The minimum absolute atomic E-state index is 0.467. The molecule has 1 N–H and O–H groups in total. The van der Waals surface area contributed by atoms with Gasteiger partial charge in [0.1, 0.15) is 0 Å². The van der Waals surface area contributed by atoms with E-state index in [4.69, 9.17) is 0 Å². The summed E-state index contributed by atoms with van der Waals surface area (Å²) in [5.41, 5.74) is 0.934. The van der Waals surface area contributed by atoms with Gasteiger partial charge in [0, 0.05) is 0 Å². The topological polar surface area (TPSA) is 12.0 Å². The largest absolute Gasteiger partial charge is 0.317 e. The first-order chi connectivity index (χ1) is 5.71. The van der Waals surface area contributed by atoms with Crippen molar-refractivity contribution in [2.45, 2.75) is 54.4 Å². The van der Waals surface area contributed by atoms with Crippen LogP contribution in [0.2, 0.25) is 0 Å². The SMILES string of the molecule is CC(C)(C)CCNCCC(C)(C)C. The van der Waals surface area contributed by atoms with Crippen molar-refractivity contribution in [1.82, 2.24) is 5.32 Å². The molecular weight excluding hydrogens is 158 g/mol. The van der Waals surface area contributed by atoms with Gasteiger partial charge in [-0.25, -0.2) is 0 Å². The fraction of sp³-hybridized carbons (Fsp3) is 1.00. The monoisotopic (exact) mass is 185 g/mol. The van der Waals surface area contributed by atoms with Gasteiger partial charge in [0.25, 0.3) is 0 Å². The van der Waals surface area contributed by atoms with E-state index in [0.29, 0.717) is 10.8 Å². The van der Waals surface area contributed by atoms with Crippen LogP contribution in [-0.4, -0.2) is 13.1 Å². The first kappa shape index (κ1) is 13.0. The van der Waals surface area contributed by atoms with Crippen molar-refractivity contribution in [1.29, 1.82) is 0 Å². The van der Waals surface area contributed by atoms with Gasteiger partial charge in [0.05, 0.1) is 0 Å². The van der Waals surface area contributed by atoms with Gasteiger partial charge in [0.2, 0.25) is 0 Å². The smallest absolute Gasteiger partial charge is 0.00439 e. The van der Waals surface area contributed by atoms with Crippen LogP contribution in [0.3, 0.4) is 0 Å². The minimum Gasteiger partial charge on any atom is -0.317 e. The molecule has 0 bridgehead atoms. The molecule has 13 heavy (non-hydrogen) atoms. The number of hydrogen-bond donors (Lipinski definition) is 1. The summed E-state index contributed by atoms with van der Waals surface area (Å²) in [5.74, 6) is 0. The molecule has 0 aliphatic carbocycles. The van der Waals surface area contributed by atoms with Crippen molar-refractivity contribution in [3.05, 3.63) is 0 Å². The van der Waals surface area contributed by atoms with E-state index in [1.807, 2.05) is 0 Å². The highest BCUT2D eigenvalue weighted by Crippen LogP contribution is 2.18. The zero-order valence-electron chi connectivity index (χ0n) is 10.3. The molecule has 0 rings (SSSR count). The maximum atomic E-state index is 3.50. The Morgan fingerprint density at radius 2 is 1.00 bits per heavy atom. The molecule has 0 amide bonds. The Labute approximate surface area is 84.3 Å². The van der Waals surface area contributed by atoms with E-state index in [-0.39, 0.29) is 0 Å². The Kier molecular flexibility index (Phi) is 4.98. The molecule has 0 unspecified atom stereocenters. The molecule has 1 heteroatoms. The summed E-state index contributed by atoms with van der Waals surface area (Å²) < 4.78 is 0. The van der Waals surface area contributed by atoms with Gasteiger partial charge in [-0.05, 0) is 36.8 Å². The molecule has 0 aromatic heterocycles. The molecule has 0 aliphatic heterocycles. The lowest BCUT2D eigenvalue weighted by Crippen LogP contribution is -2.24. The Morgan fingerprint density at radius 1 is 0.692 bits per heavy atom. The van der Waals surface area contributed by atoms with Crippen LogP contribution in [0.5, 0.6) is 0 Å². The molecule has 1 nitrogen and oxygen atoms in total. The standard InChI is InChI=1S/C12H27N/c1-11(2,3)7-9-13-10-8-12(4,5)6/h13H,7-10H2,1-6H3. The van der Waals surface area contributed by atoms with Crippen LogP contribution in [0.25, 0.3) is 0 Å². The van der Waals surface area contributed by atoms with Gasteiger partial charge < -0.3 is 5.32 Å². The van der Waals surface area contributed by atoms with Crippen molar-refractivity contribution in [3.63, 3.8) is 0 Å². The normalized spacial score (nSPS) is 13.4. The molecule has 80 valence electrons. The first-order valence-corrected chi connectivity index (χ1v) is 5.41. The second-order valence-electron chi connectivity index (χ2n) is 6.37. The molecule has 0 spiro atoms. The summed E-state index contributed by atoms with van der Waals surface area (Å²) in [5, 5.41) is 3.50. The van der Waals surface area contributed by atoms with E-state index in [1.54, 1.807) is 0 Å².